The first-order chi connectivity index (χ1) is 8.25. The number of unbranched alkanes of at least 4 members (excludes halogenated alkanes) is 2. The van der Waals surface area contributed by atoms with Crippen molar-refractivity contribution in [3.8, 4) is 0 Å². The van der Waals surface area contributed by atoms with Crippen LogP contribution in [0.25, 0.3) is 0 Å². The molecule has 0 saturated carbocycles. The van der Waals surface area contributed by atoms with Gasteiger partial charge in [-0.15, -0.1) is 0 Å². The minimum absolute atomic E-state index is 0.245. The van der Waals surface area contributed by atoms with E-state index in [1.54, 1.807) is 0 Å². The van der Waals surface area contributed by atoms with Crippen molar-refractivity contribution in [2.75, 3.05) is 6.61 Å². The maximum absolute atomic E-state index is 10.1. The second-order valence-corrected chi connectivity index (χ2v) is 6.13. The fourth-order valence-electron chi connectivity index (χ4n) is 1.94. The molecule has 5 atom stereocenters. The number of aliphatic hydroxyl groups is 5. The Morgan fingerprint density at radius 2 is 1.89 bits per heavy atom. The topological polar surface area (TPSA) is 110 Å². The molecule has 6 nitrogen and oxygen atoms in total. The summed E-state index contributed by atoms with van der Waals surface area (Å²) < 4.78 is 3.12. The van der Waals surface area contributed by atoms with Crippen molar-refractivity contribution >= 4 is 15.9 Å². The number of rotatable bonds is 5. The molecule has 0 aromatic carbocycles. The summed E-state index contributed by atoms with van der Waals surface area (Å²) in [5.74, 6) is -2.26. The van der Waals surface area contributed by atoms with Gasteiger partial charge < -0.3 is 30.3 Å². The average molecular weight is 329 g/mol. The normalized spacial score (nSPS) is 42.8. The molecule has 1 aliphatic heterocycles. The van der Waals surface area contributed by atoms with Gasteiger partial charge in [0.2, 0.25) is 5.79 Å². The zero-order valence-corrected chi connectivity index (χ0v) is 11.9. The maximum atomic E-state index is 10.1. The third-order valence-corrected chi connectivity index (χ3v) is 3.94. The van der Waals surface area contributed by atoms with Crippen molar-refractivity contribution in [2.24, 2.45) is 0 Å². The molecule has 7 heteroatoms. The van der Waals surface area contributed by atoms with Gasteiger partial charge in [-0.05, 0) is 22.4 Å². The summed E-state index contributed by atoms with van der Waals surface area (Å²) >= 11 is 2.79. The van der Waals surface area contributed by atoms with Crippen LogP contribution in [0.5, 0.6) is 0 Å². The SMILES string of the molecule is CCCCCC(O)C1(O)OC[C@](O)(Br)[C@@H](O)[C@@H]1O. The summed E-state index contributed by atoms with van der Waals surface area (Å²) in [4.78, 5) is 0. The predicted molar refractivity (Wildman–Crippen MR) is 66.9 cm³/mol. The molecule has 18 heavy (non-hydrogen) atoms. The summed E-state index contributed by atoms with van der Waals surface area (Å²) in [7, 11) is 0. The molecule has 1 heterocycles. The minimum Gasteiger partial charge on any atom is -0.387 e. The first-order valence-electron chi connectivity index (χ1n) is 6.07. The number of alkyl halides is 1. The van der Waals surface area contributed by atoms with Crippen molar-refractivity contribution in [3.05, 3.63) is 0 Å². The van der Waals surface area contributed by atoms with E-state index in [0.29, 0.717) is 6.42 Å². The van der Waals surface area contributed by atoms with Crippen LogP contribution in [0.15, 0.2) is 0 Å². The Hall–Kier alpha value is 0.240. The van der Waals surface area contributed by atoms with Gasteiger partial charge in [0.1, 0.15) is 18.3 Å². The Morgan fingerprint density at radius 3 is 2.44 bits per heavy atom. The summed E-state index contributed by atoms with van der Waals surface area (Å²) in [6.45, 7) is 1.56. The third-order valence-electron chi connectivity index (χ3n) is 3.24. The molecule has 1 aliphatic rings. The lowest BCUT2D eigenvalue weighted by Gasteiger charge is -2.47. The van der Waals surface area contributed by atoms with E-state index < -0.39 is 35.2 Å². The molecule has 0 amide bonds. The summed E-state index contributed by atoms with van der Waals surface area (Å²) in [5, 5.41) is 49.0. The molecule has 0 aromatic rings. The number of halogens is 1. The van der Waals surface area contributed by atoms with Crippen molar-refractivity contribution in [1.29, 1.82) is 0 Å². The van der Waals surface area contributed by atoms with Crippen LogP contribution in [0, 0.1) is 0 Å². The lowest BCUT2D eigenvalue weighted by atomic mass is 9.90. The van der Waals surface area contributed by atoms with E-state index in [2.05, 4.69) is 15.9 Å². The molecule has 2 unspecified atom stereocenters. The van der Waals surface area contributed by atoms with Gasteiger partial charge in [-0.2, -0.15) is 0 Å². The van der Waals surface area contributed by atoms with E-state index in [0.717, 1.165) is 12.8 Å². The minimum atomic E-state index is -2.26. The van der Waals surface area contributed by atoms with Crippen molar-refractivity contribution < 1.29 is 30.3 Å². The smallest absolute Gasteiger partial charge is 0.221 e. The van der Waals surface area contributed by atoms with E-state index >= 15 is 0 Å². The molecule has 0 spiro atoms. The number of ether oxygens (including phenoxy) is 1. The van der Waals surface area contributed by atoms with Gasteiger partial charge in [0.15, 0.2) is 4.51 Å². The van der Waals surface area contributed by atoms with E-state index in [9.17, 15) is 25.5 Å². The quantitative estimate of drug-likeness (QED) is 0.342. The van der Waals surface area contributed by atoms with Crippen LogP contribution in [0.1, 0.15) is 32.6 Å². The first-order valence-corrected chi connectivity index (χ1v) is 6.86. The largest absolute Gasteiger partial charge is 0.387 e. The highest BCUT2D eigenvalue weighted by molar-refractivity contribution is 9.10. The fourth-order valence-corrected chi connectivity index (χ4v) is 2.31. The van der Waals surface area contributed by atoms with Crippen molar-refractivity contribution in [2.45, 2.75) is 61.2 Å². The summed E-state index contributed by atoms with van der Waals surface area (Å²) in [6, 6.07) is 0. The maximum Gasteiger partial charge on any atom is 0.221 e. The number of aliphatic hydroxyl groups excluding tert-OH is 3. The van der Waals surface area contributed by atoms with Crippen LogP contribution in [0.2, 0.25) is 0 Å². The third kappa shape index (κ3) is 3.22. The Balaban J connectivity index is 2.68. The highest BCUT2D eigenvalue weighted by Crippen LogP contribution is 2.36. The van der Waals surface area contributed by atoms with Crippen LogP contribution in [-0.2, 0) is 4.74 Å². The van der Waals surface area contributed by atoms with Gasteiger partial charge in [0.05, 0.1) is 6.61 Å². The van der Waals surface area contributed by atoms with Crippen LogP contribution >= 0.6 is 15.9 Å². The average Bonchev–Trinajstić information content (AvgIpc) is 2.32. The first kappa shape index (κ1) is 16.3. The van der Waals surface area contributed by atoms with Crippen LogP contribution in [-0.4, -0.2) is 60.7 Å². The monoisotopic (exact) mass is 328 g/mol. The van der Waals surface area contributed by atoms with E-state index in [1.165, 1.54) is 0 Å². The van der Waals surface area contributed by atoms with Gasteiger partial charge >= 0.3 is 0 Å². The molecule has 0 aromatic heterocycles. The van der Waals surface area contributed by atoms with Crippen molar-refractivity contribution in [3.63, 3.8) is 0 Å². The van der Waals surface area contributed by atoms with Crippen LogP contribution in [0.3, 0.4) is 0 Å². The summed E-state index contributed by atoms with van der Waals surface area (Å²) in [5.41, 5.74) is 0. The number of hydrogen-bond acceptors (Lipinski definition) is 6. The second-order valence-electron chi connectivity index (χ2n) is 4.76. The highest BCUT2D eigenvalue weighted by Gasteiger charge is 2.57. The van der Waals surface area contributed by atoms with Gasteiger partial charge in [0, 0.05) is 0 Å². The molecular weight excluding hydrogens is 308 g/mol. The van der Waals surface area contributed by atoms with Crippen LogP contribution in [0.4, 0.5) is 0 Å². The Labute approximate surface area is 114 Å². The van der Waals surface area contributed by atoms with Gasteiger partial charge in [0.25, 0.3) is 0 Å². The fraction of sp³-hybridized carbons (Fsp3) is 1.00. The predicted octanol–water partition coefficient (Wildman–Crippen LogP) is -0.548. The lowest BCUT2D eigenvalue weighted by Crippen LogP contribution is -2.68. The lowest BCUT2D eigenvalue weighted by molar-refractivity contribution is -0.356. The molecule has 1 saturated heterocycles. The second kappa shape index (κ2) is 6.13. The standard InChI is InChI=1S/C11H21BrO6/c1-2-3-4-5-7(13)11(17)9(15)8(14)10(12,16)6-18-11/h7-9,13-17H,2-6H2,1H3/t7?,8-,9-,10+,11?/m0/s1. The van der Waals surface area contributed by atoms with Crippen LogP contribution < -0.4 is 0 Å². The van der Waals surface area contributed by atoms with Crippen molar-refractivity contribution in [1.82, 2.24) is 0 Å². The Morgan fingerprint density at radius 1 is 1.28 bits per heavy atom. The van der Waals surface area contributed by atoms with Gasteiger partial charge in [-0.3, -0.25) is 0 Å². The molecular formula is C11H21BrO6. The molecule has 0 bridgehead atoms. The summed E-state index contributed by atoms with van der Waals surface area (Å²) in [6.07, 6.45) is -2.02. The molecule has 0 aliphatic carbocycles. The van der Waals surface area contributed by atoms with E-state index in [4.69, 9.17) is 4.74 Å². The zero-order valence-electron chi connectivity index (χ0n) is 10.3. The number of hydrogen-bond donors (Lipinski definition) is 5. The Kier molecular flexibility index (Phi) is 5.55. The van der Waals surface area contributed by atoms with Gasteiger partial charge in [-0.1, -0.05) is 26.2 Å². The highest BCUT2D eigenvalue weighted by atomic mass is 79.9. The molecule has 0 radical (unpaired) electrons. The molecule has 5 N–H and O–H groups in total. The molecule has 1 rings (SSSR count). The zero-order chi connectivity index (χ0) is 14.0. The Bertz CT molecular complexity index is 274. The van der Waals surface area contributed by atoms with E-state index in [1.807, 2.05) is 6.92 Å². The molecule has 108 valence electrons. The van der Waals surface area contributed by atoms with E-state index in [-0.39, 0.29) is 6.42 Å². The van der Waals surface area contributed by atoms with Gasteiger partial charge in [-0.25, -0.2) is 0 Å². The molecule has 1 fully saturated rings.